The minimum Gasteiger partial charge on any atom is -0.444 e. The number of nitrogens with one attached hydrogen (secondary N) is 1. The molecular weight excluding hydrogens is 325 g/mol. The molecular formula is C11H11Cl2N3O3S. The molecule has 2 rings (SSSR count). The van der Waals surface area contributed by atoms with Gasteiger partial charge in [0, 0.05) is 12.6 Å². The van der Waals surface area contributed by atoms with Crippen LogP contribution < -0.4 is 4.72 Å². The van der Waals surface area contributed by atoms with Crippen LogP contribution in [0.3, 0.4) is 0 Å². The molecule has 2 heterocycles. The topological polar surface area (TPSA) is 85.1 Å². The number of rotatable bonds is 5. The molecule has 1 N–H and O–H groups in total. The molecule has 0 radical (unpaired) electrons. The van der Waals surface area contributed by atoms with Gasteiger partial charge < -0.3 is 4.42 Å². The lowest BCUT2D eigenvalue weighted by Crippen LogP contribution is -2.23. The summed E-state index contributed by atoms with van der Waals surface area (Å²) in [5, 5.41) is 0.116. The first-order valence-corrected chi connectivity index (χ1v) is 7.90. The molecule has 0 aliphatic rings. The standard InChI is InChI=1S/C11H11Cl2N3O3S/c1-2-7-4-14-10(19-7)6-16-20(17,18)8-3-9(12)11(13)15-5-8/h3-5,16H,2,6H2,1H3. The number of oxazole rings is 1. The molecule has 2 aromatic rings. The number of halogens is 2. The van der Waals surface area contributed by atoms with Crippen LogP contribution in [0.5, 0.6) is 0 Å². The Morgan fingerprint density at radius 3 is 2.65 bits per heavy atom. The van der Waals surface area contributed by atoms with E-state index in [4.69, 9.17) is 27.6 Å². The average molecular weight is 336 g/mol. The van der Waals surface area contributed by atoms with E-state index in [2.05, 4.69) is 14.7 Å². The highest BCUT2D eigenvalue weighted by molar-refractivity contribution is 7.89. The van der Waals surface area contributed by atoms with Crippen LogP contribution in [0.4, 0.5) is 0 Å². The minimum absolute atomic E-state index is 0.0471. The van der Waals surface area contributed by atoms with Crippen LogP contribution in [-0.2, 0) is 23.0 Å². The summed E-state index contributed by atoms with van der Waals surface area (Å²) in [6.45, 7) is 1.86. The third kappa shape index (κ3) is 3.49. The smallest absolute Gasteiger partial charge is 0.242 e. The Hall–Kier alpha value is -1.15. The Morgan fingerprint density at radius 1 is 1.30 bits per heavy atom. The Bertz CT molecular complexity index is 715. The van der Waals surface area contributed by atoms with Crippen molar-refractivity contribution >= 4 is 33.2 Å². The zero-order chi connectivity index (χ0) is 14.8. The molecule has 0 saturated carbocycles. The maximum absolute atomic E-state index is 12.0. The maximum atomic E-state index is 12.0. The molecule has 0 unspecified atom stereocenters. The van der Waals surface area contributed by atoms with Gasteiger partial charge in [-0.15, -0.1) is 0 Å². The van der Waals surface area contributed by atoms with Crippen LogP contribution in [0.25, 0.3) is 0 Å². The van der Waals surface area contributed by atoms with Crippen LogP contribution >= 0.6 is 23.2 Å². The Balaban J connectivity index is 2.12. The number of hydrogen-bond donors (Lipinski definition) is 1. The van der Waals surface area contributed by atoms with E-state index >= 15 is 0 Å². The van der Waals surface area contributed by atoms with E-state index < -0.39 is 10.0 Å². The van der Waals surface area contributed by atoms with Gasteiger partial charge in [0.25, 0.3) is 0 Å². The van der Waals surface area contributed by atoms with E-state index in [0.717, 1.165) is 6.20 Å². The first-order chi connectivity index (χ1) is 9.42. The van der Waals surface area contributed by atoms with Gasteiger partial charge in [-0.1, -0.05) is 30.1 Å². The van der Waals surface area contributed by atoms with Crippen molar-refractivity contribution in [1.82, 2.24) is 14.7 Å². The summed E-state index contributed by atoms with van der Waals surface area (Å²) < 4.78 is 31.7. The number of nitrogens with zero attached hydrogens (tertiary/aromatic N) is 2. The number of sulfonamides is 1. The summed E-state index contributed by atoms with van der Waals surface area (Å²) in [6.07, 6.45) is 3.38. The average Bonchev–Trinajstić information content (AvgIpc) is 2.87. The molecule has 0 aliphatic carbocycles. The van der Waals surface area contributed by atoms with E-state index in [1.807, 2.05) is 6.92 Å². The molecule has 0 spiro atoms. The molecule has 0 fully saturated rings. The zero-order valence-corrected chi connectivity index (χ0v) is 12.8. The lowest BCUT2D eigenvalue weighted by molar-refractivity contribution is 0.452. The predicted molar refractivity (Wildman–Crippen MR) is 74.2 cm³/mol. The van der Waals surface area contributed by atoms with Crippen molar-refractivity contribution in [2.75, 3.05) is 0 Å². The fourth-order valence-corrected chi connectivity index (χ4v) is 2.66. The highest BCUT2D eigenvalue weighted by atomic mass is 35.5. The van der Waals surface area contributed by atoms with E-state index in [9.17, 15) is 8.42 Å². The molecule has 0 aliphatic heterocycles. The summed E-state index contributed by atoms with van der Waals surface area (Å²) in [4.78, 5) is 7.58. The molecule has 0 saturated heterocycles. The second-order valence-electron chi connectivity index (χ2n) is 3.84. The number of hydrogen-bond acceptors (Lipinski definition) is 5. The van der Waals surface area contributed by atoms with Gasteiger partial charge in [0.2, 0.25) is 15.9 Å². The van der Waals surface area contributed by atoms with Crippen molar-refractivity contribution in [3.8, 4) is 0 Å². The highest BCUT2D eigenvalue weighted by Gasteiger charge is 2.17. The normalized spacial score (nSPS) is 11.8. The highest BCUT2D eigenvalue weighted by Crippen LogP contribution is 2.22. The third-order valence-electron chi connectivity index (χ3n) is 2.44. The Labute approximate surface area is 126 Å². The van der Waals surface area contributed by atoms with Gasteiger partial charge in [-0.05, 0) is 6.07 Å². The second-order valence-corrected chi connectivity index (χ2v) is 6.37. The van der Waals surface area contributed by atoms with Crippen molar-refractivity contribution < 1.29 is 12.8 Å². The molecule has 0 aromatic carbocycles. The van der Waals surface area contributed by atoms with Crippen LogP contribution in [0.1, 0.15) is 18.6 Å². The van der Waals surface area contributed by atoms with Gasteiger partial charge in [0.15, 0.2) is 0 Å². The largest absolute Gasteiger partial charge is 0.444 e. The van der Waals surface area contributed by atoms with Crippen molar-refractivity contribution in [3.63, 3.8) is 0 Å². The molecule has 0 bridgehead atoms. The predicted octanol–water partition coefficient (Wildman–Crippen LogP) is 2.42. The van der Waals surface area contributed by atoms with E-state index in [0.29, 0.717) is 18.1 Å². The van der Waals surface area contributed by atoms with Crippen molar-refractivity contribution in [3.05, 3.63) is 40.3 Å². The summed E-state index contributed by atoms with van der Waals surface area (Å²) in [7, 11) is -3.75. The third-order valence-corrected chi connectivity index (χ3v) is 4.50. The molecule has 0 amide bonds. The lowest BCUT2D eigenvalue weighted by atomic mass is 10.4. The summed E-state index contributed by atoms with van der Waals surface area (Å²) >= 11 is 11.4. The molecule has 0 atom stereocenters. The Kier molecular flexibility index (Phi) is 4.64. The fourth-order valence-electron chi connectivity index (χ4n) is 1.38. The maximum Gasteiger partial charge on any atom is 0.242 e. The Morgan fingerprint density at radius 2 is 2.05 bits per heavy atom. The molecule has 6 nitrogen and oxygen atoms in total. The van der Waals surface area contributed by atoms with Gasteiger partial charge in [-0.3, -0.25) is 0 Å². The monoisotopic (exact) mass is 335 g/mol. The van der Waals surface area contributed by atoms with E-state index in [1.165, 1.54) is 6.07 Å². The van der Waals surface area contributed by atoms with Crippen LogP contribution in [0, 0.1) is 0 Å². The quantitative estimate of drug-likeness (QED) is 0.848. The van der Waals surface area contributed by atoms with Gasteiger partial charge in [-0.2, -0.15) is 0 Å². The van der Waals surface area contributed by atoms with Crippen molar-refractivity contribution in [2.45, 2.75) is 24.8 Å². The summed E-state index contributed by atoms with van der Waals surface area (Å²) in [5.41, 5.74) is 0. The van der Waals surface area contributed by atoms with Crippen molar-refractivity contribution in [2.24, 2.45) is 0 Å². The fraction of sp³-hybridized carbons (Fsp3) is 0.273. The van der Waals surface area contributed by atoms with Crippen LogP contribution in [0.2, 0.25) is 10.2 Å². The summed E-state index contributed by atoms with van der Waals surface area (Å²) in [6, 6.07) is 1.23. The van der Waals surface area contributed by atoms with Gasteiger partial charge in [0.05, 0.1) is 17.8 Å². The van der Waals surface area contributed by atoms with Crippen molar-refractivity contribution in [1.29, 1.82) is 0 Å². The lowest BCUT2D eigenvalue weighted by Gasteiger charge is -2.05. The summed E-state index contributed by atoms with van der Waals surface area (Å²) in [5.74, 6) is 0.980. The second kappa shape index (κ2) is 6.09. The molecule has 20 heavy (non-hydrogen) atoms. The SMILES string of the molecule is CCc1cnc(CNS(=O)(=O)c2cnc(Cl)c(Cl)c2)o1. The number of pyridine rings is 1. The number of aryl methyl sites for hydroxylation is 1. The molecule has 9 heteroatoms. The van der Waals surface area contributed by atoms with Crippen LogP contribution in [0.15, 0.2) is 27.8 Å². The van der Waals surface area contributed by atoms with Gasteiger partial charge in [-0.25, -0.2) is 23.1 Å². The van der Waals surface area contributed by atoms with E-state index in [-0.39, 0.29) is 21.6 Å². The first kappa shape index (κ1) is 15.2. The zero-order valence-electron chi connectivity index (χ0n) is 10.4. The minimum atomic E-state index is -3.75. The van der Waals surface area contributed by atoms with Gasteiger partial charge in [0.1, 0.15) is 15.8 Å². The van der Waals surface area contributed by atoms with Crippen LogP contribution in [-0.4, -0.2) is 18.4 Å². The molecule has 2 aromatic heterocycles. The van der Waals surface area contributed by atoms with E-state index in [1.54, 1.807) is 6.20 Å². The van der Waals surface area contributed by atoms with Gasteiger partial charge >= 0.3 is 0 Å². The number of aromatic nitrogens is 2. The first-order valence-electron chi connectivity index (χ1n) is 5.66. The molecule has 108 valence electrons.